The largest absolute Gasteiger partial charge is 0.494 e. The van der Waals surface area contributed by atoms with E-state index in [-0.39, 0.29) is 10.7 Å². The van der Waals surface area contributed by atoms with Crippen LogP contribution in [0, 0.1) is 19.7 Å². The molecule has 0 spiro atoms. The molecule has 0 atom stereocenters. The maximum absolute atomic E-state index is 14.0. The summed E-state index contributed by atoms with van der Waals surface area (Å²) in [6, 6.07) is 24.5. The van der Waals surface area contributed by atoms with Gasteiger partial charge in [-0.05, 0) is 97.6 Å². The number of anilines is 2. The third-order valence-corrected chi connectivity index (χ3v) is 7.94. The first-order chi connectivity index (χ1) is 18.2. The highest BCUT2D eigenvalue weighted by Crippen LogP contribution is 2.31. The fraction of sp³-hybridized carbons (Fsp3) is 0.167. The molecule has 1 amide bonds. The summed E-state index contributed by atoms with van der Waals surface area (Å²) in [5.41, 5.74) is 3.88. The molecule has 8 heteroatoms. The first-order valence-electron chi connectivity index (χ1n) is 12.2. The van der Waals surface area contributed by atoms with Gasteiger partial charge in [-0.15, -0.1) is 0 Å². The van der Waals surface area contributed by atoms with E-state index < -0.39 is 22.5 Å². The van der Waals surface area contributed by atoms with Crippen LogP contribution in [-0.4, -0.2) is 27.5 Å². The number of benzene rings is 4. The fourth-order valence-corrected chi connectivity index (χ4v) is 5.57. The number of hydrogen-bond donors (Lipinski definition) is 1. The number of aryl methyl sites for hydroxylation is 1. The highest BCUT2D eigenvalue weighted by Gasteiger charge is 2.29. The second-order valence-electron chi connectivity index (χ2n) is 8.77. The highest BCUT2D eigenvalue weighted by molar-refractivity contribution is 7.92. The number of carbonyl (C=O) groups is 1. The topological polar surface area (TPSA) is 75.7 Å². The predicted octanol–water partition coefficient (Wildman–Crippen LogP) is 6.34. The Balaban J connectivity index is 1.69. The van der Waals surface area contributed by atoms with Crippen LogP contribution in [0.4, 0.5) is 15.8 Å². The van der Waals surface area contributed by atoms with Crippen LogP contribution in [0.2, 0.25) is 0 Å². The highest BCUT2D eigenvalue weighted by atomic mass is 32.2. The first-order valence-corrected chi connectivity index (χ1v) is 13.6. The second kappa shape index (κ2) is 11.5. The fourth-order valence-electron chi connectivity index (χ4n) is 4.04. The minimum Gasteiger partial charge on any atom is -0.494 e. The minimum atomic E-state index is -4.16. The lowest BCUT2D eigenvalue weighted by atomic mass is 10.1. The van der Waals surface area contributed by atoms with E-state index in [1.54, 1.807) is 60.7 Å². The molecule has 0 heterocycles. The molecule has 0 aromatic heterocycles. The van der Waals surface area contributed by atoms with E-state index in [4.69, 9.17) is 4.74 Å². The molecule has 1 N–H and O–H groups in total. The molecule has 38 heavy (non-hydrogen) atoms. The molecule has 0 aliphatic rings. The molecule has 0 aliphatic carbocycles. The van der Waals surface area contributed by atoms with Gasteiger partial charge in [0.2, 0.25) is 5.91 Å². The normalized spacial score (nSPS) is 11.2. The summed E-state index contributed by atoms with van der Waals surface area (Å²) in [6.07, 6.45) is 0. The van der Waals surface area contributed by atoms with E-state index in [9.17, 15) is 17.6 Å². The van der Waals surface area contributed by atoms with Crippen molar-refractivity contribution in [3.8, 4) is 16.9 Å². The van der Waals surface area contributed by atoms with Gasteiger partial charge in [0, 0.05) is 5.69 Å². The van der Waals surface area contributed by atoms with Gasteiger partial charge in [0.25, 0.3) is 10.0 Å². The van der Waals surface area contributed by atoms with E-state index in [1.165, 1.54) is 24.3 Å². The number of ether oxygens (including phenoxy) is 1. The molecule has 4 aromatic carbocycles. The molecule has 196 valence electrons. The first kappa shape index (κ1) is 26.9. The third kappa shape index (κ3) is 6.03. The summed E-state index contributed by atoms with van der Waals surface area (Å²) in [5.74, 6) is -0.198. The number of sulfonamides is 1. The van der Waals surface area contributed by atoms with Crippen molar-refractivity contribution in [1.82, 2.24) is 0 Å². The molecular formula is C30H29FN2O4S. The smallest absolute Gasteiger partial charge is 0.264 e. The molecule has 4 aromatic rings. The van der Waals surface area contributed by atoms with Gasteiger partial charge in [0.05, 0.1) is 17.2 Å². The van der Waals surface area contributed by atoms with Crippen LogP contribution < -0.4 is 14.4 Å². The van der Waals surface area contributed by atoms with E-state index >= 15 is 0 Å². The van der Waals surface area contributed by atoms with Gasteiger partial charge in [-0.1, -0.05) is 36.4 Å². The molecule has 0 saturated carbocycles. The lowest BCUT2D eigenvalue weighted by Gasteiger charge is -2.26. The van der Waals surface area contributed by atoms with Gasteiger partial charge in [0.15, 0.2) is 0 Å². The zero-order valence-corrected chi connectivity index (χ0v) is 22.3. The lowest BCUT2D eigenvalue weighted by molar-refractivity contribution is -0.114. The number of nitrogens with zero attached hydrogens (tertiary/aromatic N) is 1. The number of nitrogens with one attached hydrogen (secondary N) is 1. The van der Waals surface area contributed by atoms with Crippen LogP contribution in [0.15, 0.2) is 95.9 Å². The Hall–Kier alpha value is -4.17. The lowest BCUT2D eigenvalue weighted by Crippen LogP contribution is -2.38. The van der Waals surface area contributed by atoms with Crippen molar-refractivity contribution < 1.29 is 22.3 Å². The Morgan fingerprint density at radius 2 is 1.58 bits per heavy atom. The minimum absolute atomic E-state index is 0.0223. The summed E-state index contributed by atoms with van der Waals surface area (Å²) in [7, 11) is -4.16. The van der Waals surface area contributed by atoms with E-state index in [0.29, 0.717) is 34.9 Å². The van der Waals surface area contributed by atoms with Gasteiger partial charge in [-0.2, -0.15) is 0 Å². The van der Waals surface area contributed by atoms with E-state index in [2.05, 4.69) is 5.32 Å². The zero-order valence-electron chi connectivity index (χ0n) is 21.4. The number of rotatable bonds is 9. The van der Waals surface area contributed by atoms with E-state index in [0.717, 1.165) is 15.4 Å². The average molecular weight is 533 g/mol. The third-order valence-electron chi connectivity index (χ3n) is 6.18. The SMILES string of the molecule is CCOc1ccc(NC(=O)CN(c2cccc(C)c2C)S(=O)(=O)c2cccc(-c3ccc(F)cc3)c2)cc1. The molecule has 0 fully saturated rings. The van der Waals surface area contributed by atoms with Gasteiger partial charge >= 0.3 is 0 Å². The maximum atomic E-state index is 14.0. The summed E-state index contributed by atoms with van der Waals surface area (Å²) in [5, 5.41) is 2.78. The summed E-state index contributed by atoms with van der Waals surface area (Å²) in [4.78, 5) is 13.1. The van der Waals surface area contributed by atoms with Gasteiger partial charge in [0.1, 0.15) is 18.1 Å². The molecule has 6 nitrogen and oxygen atoms in total. The summed E-state index contributed by atoms with van der Waals surface area (Å²) in [6.45, 7) is 5.69. The number of amides is 1. The molecule has 0 radical (unpaired) electrons. The number of carbonyl (C=O) groups excluding carboxylic acids is 1. The standard InChI is InChI=1S/C30H29FN2O4S/c1-4-37-27-17-15-26(16-18-27)32-30(34)20-33(29-10-5-7-21(2)22(29)3)38(35,36)28-9-6-8-24(19-28)23-11-13-25(31)14-12-23/h5-19H,4,20H2,1-3H3,(H,32,34). The van der Waals surface area contributed by atoms with Crippen LogP contribution in [0.5, 0.6) is 5.75 Å². The molecule has 0 unspecified atom stereocenters. The Morgan fingerprint density at radius 1 is 0.895 bits per heavy atom. The summed E-state index contributed by atoms with van der Waals surface area (Å²) >= 11 is 0. The van der Waals surface area contributed by atoms with Crippen LogP contribution in [0.25, 0.3) is 11.1 Å². The molecule has 4 rings (SSSR count). The van der Waals surface area contributed by atoms with Gasteiger partial charge in [-0.3, -0.25) is 9.10 Å². The Labute approximate surface area is 222 Å². The van der Waals surface area contributed by atoms with Crippen molar-refractivity contribution in [1.29, 1.82) is 0 Å². The van der Waals surface area contributed by atoms with Crippen LogP contribution in [-0.2, 0) is 14.8 Å². The van der Waals surface area contributed by atoms with Crippen LogP contribution in [0.3, 0.4) is 0 Å². The quantitative estimate of drug-likeness (QED) is 0.273. The average Bonchev–Trinajstić information content (AvgIpc) is 2.91. The molecule has 0 bridgehead atoms. The van der Waals surface area contributed by atoms with Crippen LogP contribution in [0.1, 0.15) is 18.1 Å². The zero-order chi connectivity index (χ0) is 27.3. The van der Waals surface area contributed by atoms with Gasteiger partial charge < -0.3 is 10.1 Å². The van der Waals surface area contributed by atoms with Crippen molar-refractivity contribution in [3.05, 3.63) is 108 Å². The monoisotopic (exact) mass is 532 g/mol. The van der Waals surface area contributed by atoms with Crippen molar-refractivity contribution in [3.63, 3.8) is 0 Å². The number of halogens is 1. The Kier molecular flexibility index (Phi) is 8.12. The van der Waals surface area contributed by atoms with Crippen molar-refractivity contribution in [2.75, 3.05) is 22.8 Å². The van der Waals surface area contributed by atoms with Crippen molar-refractivity contribution in [2.24, 2.45) is 0 Å². The molecule has 0 saturated heterocycles. The summed E-state index contributed by atoms with van der Waals surface area (Å²) < 4.78 is 48.0. The molecule has 0 aliphatic heterocycles. The number of hydrogen-bond acceptors (Lipinski definition) is 4. The van der Waals surface area contributed by atoms with Gasteiger partial charge in [-0.25, -0.2) is 12.8 Å². The Morgan fingerprint density at radius 3 is 2.26 bits per heavy atom. The van der Waals surface area contributed by atoms with Crippen LogP contribution >= 0.6 is 0 Å². The van der Waals surface area contributed by atoms with Crippen molar-refractivity contribution in [2.45, 2.75) is 25.7 Å². The Bertz CT molecular complexity index is 1540. The second-order valence-corrected chi connectivity index (χ2v) is 10.6. The maximum Gasteiger partial charge on any atom is 0.264 e. The predicted molar refractivity (Wildman–Crippen MR) is 149 cm³/mol. The molecular weight excluding hydrogens is 503 g/mol. The van der Waals surface area contributed by atoms with Crippen molar-refractivity contribution >= 4 is 27.3 Å². The van der Waals surface area contributed by atoms with E-state index in [1.807, 2.05) is 26.8 Å².